The van der Waals surface area contributed by atoms with Gasteiger partial charge < -0.3 is 10.5 Å². The minimum Gasteiger partial charge on any atom is -0.497 e. The molecule has 26 heavy (non-hydrogen) atoms. The summed E-state index contributed by atoms with van der Waals surface area (Å²) in [5, 5.41) is -0.206. The monoisotopic (exact) mass is 404 g/mol. The number of nitrogen functional groups attached to an aromatic ring is 1. The molecule has 2 aromatic rings. The van der Waals surface area contributed by atoms with E-state index in [9.17, 15) is 17.2 Å². The van der Waals surface area contributed by atoms with Gasteiger partial charge in [0.1, 0.15) is 11.6 Å². The molecule has 0 aromatic heterocycles. The highest BCUT2D eigenvalue weighted by atomic mass is 35.5. The van der Waals surface area contributed by atoms with E-state index >= 15 is 0 Å². The maximum absolute atomic E-state index is 13.6. The van der Waals surface area contributed by atoms with Crippen molar-refractivity contribution in [3.05, 3.63) is 52.8 Å². The lowest BCUT2D eigenvalue weighted by Crippen LogP contribution is -2.33. The van der Waals surface area contributed by atoms with Crippen LogP contribution in [0.4, 0.5) is 20.2 Å². The van der Waals surface area contributed by atoms with Crippen molar-refractivity contribution in [3.63, 3.8) is 0 Å². The van der Waals surface area contributed by atoms with Crippen molar-refractivity contribution < 1.29 is 21.9 Å². The molecule has 0 radical (unpaired) electrons. The Balaban J connectivity index is 2.46. The Kier molecular flexibility index (Phi) is 6.66. The number of ether oxygens (including phenoxy) is 1. The fraction of sp³-hybridized carbons (Fsp3) is 0.294. The number of hydrogen-bond donors (Lipinski definition) is 1. The average Bonchev–Trinajstić information content (AvgIpc) is 2.63. The van der Waals surface area contributed by atoms with Gasteiger partial charge >= 0.3 is 0 Å². The molecule has 0 spiro atoms. The summed E-state index contributed by atoms with van der Waals surface area (Å²) in [6.07, 6.45) is -0.157. The van der Waals surface area contributed by atoms with E-state index in [1.807, 2.05) is 0 Å². The molecule has 0 aliphatic heterocycles. The van der Waals surface area contributed by atoms with Crippen molar-refractivity contribution in [2.24, 2.45) is 0 Å². The Bertz CT molecular complexity index is 861. The first-order valence-electron chi connectivity index (χ1n) is 7.73. The quantitative estimate of drug-likeness (QED) is 0.680. The van der Waals surface area contributed by atoms with Crippen LogP contribution in [0.3, 0.4) is 0 Å². The largest absolute Gasteiger partial charge is 0.497 e. The SMILES string of the molecule is COc1ccc(CN(c2ccc(F)c(N)c2Cl)S(=O)(=O)CCCF)cc1. The molecule has 0 bridgehead atoms. The maximum Gasteiger partial charge on any atom is 0.235 e. The lowest BCUT2D eigenvalue weighted by Gasteiger charge is -2.26. The number of alkyl halides is 1. The van der Waals surface area contributed by atoms with Gasteiger partial charge in [-0.25, -0.2) is 12.8 Å². The molecule has 0 aliphatic carbocycles. The summed E-state index contributed by atoms with van der Waals surface area (Å²) in [7, 11) is -2.39. The predicted octanol–water partition coefficient (Wildman–Crippen LogP) is 3.77. The molecule has 0 aliphatic rings. The first-order valence-corrected chi connectivity index (χ1v) is 9.71. The Hall–Kier alpha value is -2.06. The second kappa shape index (κ2) is 8.55. The number of anilines is 2. The summed E-state index contributed by atoms with van der Waals surface area (Å²) in [6, 6.07) is 9.03. The number of halogens is 3. The highest BCUT2D eigenvalue weighted by Crippen LogP contribution is 2.35. The minimum absolute atomic E-state index is 0.0419. The summed E-state index contributed by atoms with van der Waals surface area (Å²) in [6.45, 7) is -0.835. The number of methoxy groups -OCH3 is 1. The lowest BCUT2D eigenvalue weighted by atomic mass is 10.2. The zero-order valence-corrected chi connectivity index (χ0v) is 15.7. The zero-order valence-electron chi connectivity index (χ0n) is 14.1. The van der Waals surface area contributed by atoms with Crippen LogP contribution in [0.15, 0.2) is 36.4 Å². The average molecular weight is 405 g/mol. The Morgan fingerprint density at radius 1 is 1.19 bits per heavy atom. The number of sulfonamides is 1. The van der Waals surface area contributed by atoms with E-state index in [0.717, 1.165) is 10.4 Å². The minimum atomic E-state index is -3.90. The molecule has 0 amide bonds. The molecule has 0 fully saturated rings. The van der Waals surface area contributed by atoms with E-state index in [2.05, 4.69) is 0 Å². The van der Waals surface area contributed by atoms with E-state index in [-0.39, 0.29) is 29.4 Å². The van der Waals surface area contributed by atoms with Crippen LogP contribution in [0.25, 0.3) is 0 Å². The number of nitrogens with zero attached hydrogens (tertiary/aromatic N) is 1. The molecule has 0 heterocycles. The molecule has 0 saturated carbocycles. The highest BCUT2D eigenvalue weighted by Gasteiger charge is 2.26. The Morgan fingerprint density at radius 3 is 2.42 bits per heavy atom. The molecular weight excluding hydrogens is 386 g/mol. The van der Waals surface area contributed by atoms with Gasteiger partial charge in [-0.15, -0.1) is 0 Å². The summed E-state index contributed by atoms with van der Waals surface area (Å²) in [5.74, 6) is -0.540. The van der Waals surface area contributed by atoms with Crippen molar-refractivity contribution >= 4 is 33.0 Å². The van der Waals surface area contributed by atoms with Crippen LogP contribution in [0.5, 0.6) is 5.75 Å². The lowest BCUT2D eigenvalue weighted by molar-refractivity contribution is 0.414. The summed E-state index contributed by atoms with van der Waals surface area (Å²) in [4.78, 5) is 0. The molecule has 142 valence electrons. The molecule has 9 heteroatoms. The van der Waals surface area contributed by atoms with E-state index in [4.69, 9.17) is 22.1 Å². The Morgan fingerprint density at radius 2 is 1.85 bits per heavy atom. The Labute approximate surface area is 156 Å². The maximum atomic E-state index is 13.6. The van der Waals surface area contributed by atoms with Crippen LogP contribution in [0, 0.1) is 5.82 Å². The van der Waals surface area contributed by atoms with Gasteiger partial charge in [-0.2, -0.15) is 0 Å². The van der Waals surface area contributed by atoms with Gasteiger partial charge in [-0.05, 0) is 36.2 Å². The van der Waals surface area contributed by atoms with Crippen LogP contribution in [0.2, 0.25) is 5.02 Å². The molecule has 0 unspecified atom stereocenters. The van der Waals surface area contributed by atoms with Gasteiger partial charge in [0.2, 0.25) is 10.0 Å². The standard InChI is InChI=1S/C17H19ClF2N2O3S/c1-25-13-5-3-12(4-6-13)11-22(26(23,24)10-2-9-19)15-8-7-14(20)17(21)16(15)18/h3-8H,2,9-11,21H2,1H3. The smallest absolute Gasteiger partial charge is 0.235 e. The van der Waals surface area contributed by atoms with E-state index in [1.54, 1.807) is 24.3 Å². The van der Waals surface area contributed by atoms with Crippen molar-refractivity contribution in [2.45, 2.75) is 13.0 Å². The summed E-state index contributed by atoms with van der Waals surface area (Å²) >= 11 is 6.08. The number of benzene rings is 2. The van der Waals surface area contributed by atoms with E-state index < -0.39 is 28.3 Å². The first kappa shape index (κ1) is 20.3. The zero-order chi connectivity index (χ0) is 19.3. The van der Waals surface area contributed by atoms with Gasteiger partial charge in [0.25, 0.3) is 0 Å². The predicted molar refractivity (Wildman–Crippen MR) is 99.4 cm³/mol. The summed E-state index contributed by atoms with van der Waals surface area (Å²) in [5.41, 5.74) is 5.94. The summed E-state index contributed by atoms with van der Waals surface area (Å²) < 4.78 is 57.6. The molecule has 2 rings (SSSR count). The van der Waals surface area contributed by atoms with Gasteiger partial charge in [-0.3, -0.25) is 8.70 Å². The van der Waals surface area contributed by atoms with Crippen LogP contribution in [-0.4, -0.2) is 28.0 Å². The molecule has 2 N–H and O–H groups in total. The molecule has 0 saturated heterocycles. The van der Waals surface area contributed by atoms with Crippen molar-refractivity contribution in [1.29, 1.82) is 0 Å². The van der Waals surface area contributed by atoms with Gasteiger partial charge in [-0.1, -0.05) is 23.7 Å². The van der Waals surface area contributed by atoms with Gasteiger partial charge in [0.05, 0.1) is 42.5 Å². The number of hydrogen-bond acceptors (Lipinski definition) is 4. The molecule has 2 aromatic carbocycles. The molecule has 0 atom stereocenters. The van der Waals surface area contributed by atoms with E-state index in [0.29, 0.717) is 11.3 Å². The molecule has 5 nitrogen and oxygen atoms in total. The van der Waals surface area contributed by atoms with Gasteiger partial charge in [0.15, 0.2) is 0 Å². The normalized spacial score (nSPS) is 11.4. The van der Waals surface area contributed by atoms with Crippen LogP contribution in [0.1, 0.15) is 12.0 Å². The third kappa shape index (κ3) is 4.56. The highest BCUT2D eigenvalue weighted by molar-refractivity contribution is 7.92. The second-order valence-corrected chi connectivity index (χ2v) is 7.90. The fourth-order valence-corrected chi connectivity index (χ4v) is 4.13. The third-order valence-electron chi connectivity index (χ3n) is 3.73. The molecular formula is C17H19ClF2N2O3S. The van der Waals surface area contributed by atoms with Gasteiger partial charge in [0, 0.05) is 0 Å². The number of rotatable bonds is 8. The second-order valence-electron chi connectivity index (χ2n) is 5.51. The van der Waals surface area contributed by atoms with Crippen LogP contribution >= 0.6 is 11.6 Å². The topological polar surface area (TPSA) is 72.6 Å². The first-order chi connectivity index (χ1) is 12.3. The van der Waals surface area contributed by atoms with Crippen molar-refractivity contribution in [1.82, 2.24) is 0 Å². The number of nitrogens with two attached hydrogens (primary N) is 1. The van der Waals surface area contributed by atoms with Crippen molar-refractivity contribution in [3.8, 4) is 5.75 Å². The fourth-order valence-electron chi connectivity index (χ4n) is 2.33. The van der Waals surface area contributed by atoms with E-state index in [1.165, 1.54) is 13.2 Å². The third-order valence-corrected chi connectivity index (χ3v) is 5.93. The van der Waals surface area contributed by atoms with Crippen LogP contribution < -0.4 is 14.8 Å². The van der Waals surface area contributed by atoms with Crippen LogP contribution in [-0.2, 0) is 16.6 Å². The van der Waals surface area contributed by atoms with Crippen molar-refractivity contribution in [2.75, 3.05) is 29.6 Å².